The van der Waals surface area contributed by atoms with Crippen molar-refractivity contribution in [2.75, 3.05) is 30.4 Å². The average Bonchev–Trinajstić information content (AvgIpc) is 3.19. The van der Waals surface area contributed by atoms with Crippen molar-refractivity contribution in [2.45, 2.75) is 57.9 Å². The van der Waals surface area contributed by atoms with E-state index in [1.165, 1.54) is 19.3 Å². The molecule has 0 aromatic heterocycles. The van der Waals surface area contributed by atoms with Gasteiger partial charge in [0, 0.05) is 48.9 Å². The molecular formula is C45H49N3O4. The molecule has 1 atom stereocenters. The lowest BCUT2D eigenvalue weighted by atomic mass is 9.98. The Morgan fingerprint density at radius 3 is 2.13 bits per heavy atom. The van der Waals surface area contributed by atoms with Gasteiger partial charge in [-0.25, -0.2) is 9.59 Å². The Hall–Kier alpha value is -5.69. The number of unbranched alkanes of at least 4 members (excludes halogenated alkanes) is 4. The lowest BCUT2D eigenvalue weighted by Crippen LogP contribution is -2.37. The lowest BCUT2D eigenvalue weighted by molar-refractivity contribution is -0.144. The van der Waals surface area contributed by atoms with E-state index in [0.29, 0.717) is 36.2 Å². The summed E-state index contributed by atoms with van der Waals surface area (Å²) in [6, 6.07) is 41.4. The first kappa shape index (κ1) is 37.6. The van der Waals surface area contributed by atoms with Crippen molar-refractivity contribution < 1.29 is 19.1 Å². The van der Waals surface area contributed by atoms with Crippen LogP contribution in [0.2, 0.25) is 0 Å². The van der Waals surface area contributed by atoms with Crippen LogP contribution in [0.15, 0.2) is 133 Å². The number of carbonyl (C=O) groups excluding carboxylic acids is 3. The number of carbonyl (C=O) groups is 3. The number of hydrogen-bond donors (Lipinski definition) is 2. The number of ketones is 1. The molecular weight excluding hydrogens is 647 g/mol. The van der Waals surface area contributed by atoms with Crippen molar-refractivity contribution >= 4 is 29.2 Å². The van der Waals surface area contributed by atoms with Gasteiger partial charge in [-0.3, -0.25) is 9.69 Å². The van der Waals surface area contributed by atoms with Crippen LogP contribution in [0.4, 0.5) is 16.2 Å². The molecule has 2 N–H and O–H groups in total. The maximum atomic E-state index is 13.7. The van der Waals surface area contributed by atoms with Gasteiger partial charge in [0.2, 0.25) is 0 Å². The van der Waals surface area contributed by atoms with E-state index in [2.05, 4.69) is 17.6 Å². The van der Waals surface area contributed by atoms with E-state index in [0.717, 1.165) is 40.8 Å². The molecule has 5 aromatic rings. The van der Waals surface area contributed by atoms with Crippen molar-refractivity contribution in [2.24, 2.45) is 0 Å². The Bertz CT molecular complexity index is 1880. The van der Waals surface area contributed by atoms with Gasteiger partial charge in [-0.15, -0.1) is 0 Å². The molecule has 0 saturated heterocycles. The smallest absolute Gasteiger partial charge is 0.328 e. The third-order valence-corrected chi connectivity index (χ3v) is 9.12. The first-order chi connectivity index (χ1) is 25.4. The highest BCUT2D eigenvalue weighted by Crippen LogP contribution is 2.26. The molecule has 0 bridgehead atoms. The second-order valence-corrected chi connectivity index (χ2v) is 13.0. The molecule has 5 aromatic carbocycles. The SMILES string of the molecule is CCCCCCCNC(=O)N(C)c1cccc(-c2ccc(C[C@H](Nc3ccccc3C(=O)c3ccccc3)C(=O)OCCc3ccccc3)cc2)c1. The number of ether oxygens (including phenoxy) is 1. The third-order valence-electron chi connectivity index (χ3n) is 9.12. The highest BCUT2D eigenvalue weighted by atomic mass is 16.5. The molecule has 268 valence electrons. The minimum Gasteiger partial charge on any atom is -0.464 e. The molecule has 0 aliphatic heterocycles. The summed E-state index contributed by atoms with van der Waals surface area (Å²) in [6.45, 7) is 3.10. The molecule has 0 radical (unpaired) electrons. The number of nitrogens with one attached hydrogen (secondary N) is 2. The zero-order chi connectivity index (χ0) is 36.5. The van der Waals surface area contributed by atoms with E-state index in [-0.39, 0.29) is 18.4 Å². The molecule has 5 rings (SSSR count). The fraction of sp³-hybridized carbons (Fsp3) is 0.267. The van der Waals surface area contributed by atoms with Crippen LogP contribution in [-0.4, -0.2) is 44.0 Å². The quantitative estimate of drug-likeness (QED) is 0.0542. The molecule has 0 aliphatic carbocycles. The van der Waals surface area contributed by atoms with Gasteiger partial charge in [0.05, 0.1) is 6.61 Å². The highest BCUT2D eigenvalue weighted by molar-refractivity contribution is 6.12. The van der Waals surface area contributed by atoms with E-state index in [1.54, 1.807) is 30.1 Å². The fourth-order valence-electron chi connectivity index (χ4n) is 6.07. The van der Waals surface area contributed by atoms with Crippen LogP contribution in [-0.2, 0) is 22.4 Å². The van der Waals surface area contributed by atoms with Crippen molar-refractivity contribution in [1.29, 1.82) is 0 Å². The summed E-state index contributed by atoms with van der Waals surface area (Å²) in [7, 11) is 1.78. The van der Waals surface area contributed by atoms with Gasteiger partial charge in [0.25, 0.3) is 0 Å². The average molecular weight is 696 g/mol. The van der Waals surface area contributed by atoms with E-state index >= 15 is 0 Å². The number of urea groups is 1. The minimum absolute atomic E-state index is 0.121. The van der Waals surface area contributed by atoms with E-state index < -0.39 is 12.0 Å². The predicted molar refractivity (Wildman–Crippen MR) is 211 cm³/mol. The Balaban J connectivity index is 1.29. The number of anilines is 2. The fourth-order valence-corrected chi connectivity index (χ4v) is 6.07. The van der Waals surface area contributed by atoms with Crippen LogP contribution >= 0.6 is 0 Å². The van der Waals surface area contributed by atoms with Crippen molar-refractivity contribution in [1.82, 2.24) is 5.32 Å². The third kappa shape index (κ3) is 10.9. The number of amides is 2. The van der Waals surface area contributed by atoms with Gasteiger partial charge in [0.1, 0.15) is 6.04 Å². The first-order valence-corrected chi connectivity index (χ1v) is 18.3. The zero-order valence-electron chi connectivity index (χ0n) is 30.2. The second kappa shape index (κ2) is 19.6. The largest absolute Gasteiger partial charge is 0.464 e. The van der Waals surface area contributed by atoms with Gasteiger partial charge in [-0.1, -0.05) is 142 Å². The summed E-state index contributed by atoms with van der Waals surface area (Å²) in [5, 5.41) is 6.39. The van der Waals surface area contributed by atoms with Gasteiger partial charge in [-0.05, 0) is 52.9 Å². The van der Waals surface area contributed by atoms with Crippen LogP contribution in [0.5, 0.6) is 0 Å². The first-order valence-electron chi connectivity index (χ1n) is 18.3. The summed E-state index contributed by atoms with van der Waals surface area (Å²) in [4.78, 5) is 41.6. The number of hydrogen-bond acceptors (Lipinski definition) is 5. The number of benzene rings is 5. The number of rotatable bonds is 18. The number of para-hydroxylation sites is 1. The molecule has 0 spiro atoms. The summed E-state index contributed by atoms with van der Waals surface area (Å²) in [6.07, 6.45) is 6.67. The van der Waals surface area contributed by atoms with E-state index in [4.69, 9.17) is 4.74 Å². The summed E-state index contributed by atoms with van der Waals surface area (Å²) >= 11 is 0. The van der Waals surface area contributed by atoms with Gasteiger partial charge >= 0.3 is 12.0 Å². The van der Waals surface area contributed by atoms with Crippen molar-refractivity contribution in [3.05, 3.63) is 156 Å². The van der Waals surface area contributed by atoms with Crippen LogP contribution in [0.1, 0.15) is 66.1 Å². The predicted octanol–water partition coefficient (Wildman–Crippen LogP) is 9.51. The molecule has 2 amide bonds. The number of esters is 1. The van der Waals surface area contributed by atoms with Gasteiger partial charge in [-0.2, -0.15) is 0 Å². The molecule has 0 saturated carbocycles. The zero-order valence-corrected chi connectivity index (χ0v) is 30.2. The summed E-state index contributed by atoms with van der Waals surface area (Å²) < 4.78 is 5.81. The number of nitrogens with zero attached hydrogens (tertiary/aromatic N) is 1. The van der Waals surface area contributed by atoms with Gasteiger partial charge in [0.15, 0.2) is 5.78 Å². The Morgan fingerprint density at radius 2 is 1.38 bits per heavy atom. The Kier molecular flexibility index (Phi) is 14.2. The molecule has 0 aliphatic rings. The molecule has 0 fully saturated rings. The van der Waals surface area contributed by atoms with Gasteiger partial charge < -0.3 is 15.4 Å². The topological polar surface area (TPSA) is 87.7 Å². The second-order valence-electron chi connectivity index (χ2n) is 13.0. The van der Waals surface area contributed by atoms with Crippen LogP contribution in [0.3, 0.4) is 0 Å². The Labute approximate surface area is 308 Å². The van der Waals surface area contributed by atoms with Crippen molar-refractivity contribution in [3.63, 3.8) is 0 Å². The maximum Gasteiger partial charge on any atom is 0.328 e. The van der Waals surface area contributed by atoms with E-state index in [1.807, 2.05) is 115 Å². The standard InChI is InChI=1S/C45H49N3O4/c1-3-4-5-6-15-30-46-45(51)48(2)39-22-16-21-38(33-39)36-27-25-35(26-28-36)32-42(44(50)52-31-29-34-17-9-7-10-18-34)47-41-24-14-13-23-40(41)43(49)37-19-11-8-12-20-37/h7-14,16-28,33,42,47H,3-6,15,29-32H2,1-2H3,(H,46,51)/t42-/m0/s1. The van der Waals surface area contributed by atoms with Crippen molar-refractivity contribution in [3.8, 4) is 11.1 Å². The lowest BCUT2D eigenvalue weighted by Gasteiger charge is -2.21. The van der Waals surface area contributed by atoms with Crippen LogP contribution < -0.4 is 15.5 Å². The van der Waals surface area contributed by atoms with Crippen LogP contribution in [0, 0.1) is 0 Å². The summed E-state index contributed by atoms with van der Waals surface area (Å²) in [5.74, 6) is -0.519. The molecule has 0 heterocycles. The monoisotopic (exact) mass is 695 g/mol. The normalized spacial score (nSPS) is 11.3. The minimum atomic E-state index is -0.742. The summed E-state index contributed by atoms with van der Waals surface area (Å²) in [5.41, 5.74) is 6.41. The molecule has 0 unspecified atom stereocenters. The molecule has 7 nitrogen and oxygen atoms in total. The van der Waals surface area contributed by atoms with Crippen LogP contribution in [0.25, 0.3) is 11.1 Å². The Morgan fingerprint density at radius 1 is 0.692 bits per heavy atom. The highest BCUT2D eigenvalue weighted by Gasteiger charge is 2.24. The molecule has 7 heteroatoms. The van der Waals surface area contributed by atoms with E-state index in [9.17, 15) is 14.4 Å². The molecule has 52 heavy (non-hydrogen) atoms. The maximum absolute atomic E-state index is 13.7.